The third-order valence-corrected chi connectivity index (χ3v) is 5.41. The van der Waals surface area contributed by atoms with Crippen LogP contribution in [0, 0.1) is 6.92 Å². The fourth-order valence-corrected chi connectivity index (χ4v) is 3.53. The Labute approximate surface area is 172 Å². The fraction of sp³-hybridized carbons (Fsp3) is 0.524. The third-order valence-electron chi connectivity index (χ3n) is 5.01. The zero-order valence-electron chi connectivity index (χ0n) is 17.1. The molecule has 0 saturated carbocycles. The van der Waals surface area contributed by atoms with Gasteiger partial charge in [-0.2, -0.15) is 0 Å². The number of hydrogen-bond acceptors (Lipinski definition) is 4. The summed E-state index contributed by atoms with van der Waals surface area (Å²) in [7, 11) is 0. The van der Waals surface area contributed by atoms with Gasteiger partial charge in [-0.15, -0.1) is 0 Å². The first-order valence-electron chi connectivity index (χ1n) is 9.97. The summed E-state index contributed by atoms with van der Waals surface area (Å²) < 4.78 is 0. The van der Waals surface area contributed by atoms with E-state index in [0.29, 0.717) is 23.8 Å². The lowest BCUT2D eigenvalue weighted by Crippen LogP contribution is -2.42. The van der Waals surface area contributed by atoms with Gasteiger partial charge in [0.15, 0.2) is 5.11 Å². The standard InChI is InChI=1S/C21H32N4O2S/c1-4-24(5-2)11-7-10-22-21(28)25(12-13-26)15-18-14-17-9-6-8-16(3)19(17)23-20(18)27/h6,8-9,14,26H,4-5,7,10-13,15H2,1-3H3,(H,22,28)(H,23,27). The van der Waals surface area contributed by atoms with E-state index in [0.717, 1.165) is 49.1 Å². The van der Waals surface area contributed by atoms with Gasteiger partial charge in [0.1, 0.15) is 0 Å². The lowest BCUT2D eigenvalue weighted by molar-refractivity contribution is 0.244. The molecule has 6 nitrogen and oxygen atoms in total. The number of hydrogen-bond donors (Lipinski definition) is 3. The number of aromatic amines is 1. The maximum absolute atomic E-state index is 12.5. The van der Waals surface area contributed by atoms with Crippen LogP contribution in [-0.4, -0.2) is 64.3 Å². The highest BCUT2D eigenvalue weighted by Gasteiger charge is 2.13. The summed E-state index contributed by atoms with van der Waals surface area (Å²) >= 11 is 5.51. The van der Waals surface area contributed by atoms with Crippen LogP contribution in [-0.2, 0) is 6.54 Å². The highest BCUT2D eigenvalue weighted by atomic mass is 32.1. The Bertz CT molecular complexity index is 833. The van der Waals surface area contributed by atoms with Crippen molar-refractivity contribution in [3.63, 3.8) is 0 Å². The van der Waals surface area contributed by atoms with Crippen molar-refractivity contribution < 1.29 is 5.11 Å². The number of rotatable bonds is 10. The van der Waals surface area contributed by atoms with E-state index in [1.54, 1.807) is 0 Å². The number of thiocarbonyl (C=S) groups is 1. The summed E-state index contributed by atoms with van der Waals surface area (Å²) in [5.74, 6) is 0. The first-order valence-corrected chi connectivity index (χ1v) is 10.4. The molecule has 2 aromatic rings. The summed E-state index contributed by atoms with van der Waals surface area (Å²) in [6, 6.07) is 7.86. The van der Waals surface area contributed by atoms with Crippen molar-refractivity contribution in [1.82, 2.24) is 20.1 Å². The first kappa shape index (κ1) is 22.3. The number of para-hydroxylation sites is 1. The van der Waals surface area contributed by atoms with Gasteiger partial charge < -0.3 is 25.2 Å². The van der Waals surface area contributed by atoms with E-state index < -0.39 is 0 Å². The molecule has 3 N–H and O–H groups in total. The van der Waals surface area contributed by atoms with Gasteiger partial charge in [0.05, 0.1) is 18.7 Å². The molecule has 0 bridgehead atoms. The summed E-state index contributed by atoms with van der Waals surface area (Å²) in [5, 5.41) is 14.3. The summed E-state index contributed by atoms with van der Waals surface area (Å²) in [6.45, 7) is 10.9. The van der Waals surface area contributed by atoms with Crippen LogP contribution >= 0.6 is 12.2 Å². The normalized spacial score (nSPS) is 11.2. The van der Waals surface area contributed by atoms with Gasteiger partial charge >= 0.3 is 0 Å². The fourth-order valence-electron chi connectivity index (χ4n) is 3.27. The number of nitrogens with zero attached hydrogens (tertiary/aromatic N) is 2. The van der Waals surface area contributed by atoms with E-state index in [-0.39, 0.29) is 12.2 Å². The van der Waals surface area contributed by atoms with Crippen molar-refractivity contribution in [2.75, 3.05) is 39.3 Å². The van der Waals surface area contributed by atoms with Crippen molar-refractivity contribution in [3.05, 3.63) is 45.7 Å². The molecular formula is C21H32N4O2S. The topological polar surface area (TPSA) is 71.6 Å². The molecule has 1 aromatic heterocycles. The van der Waals surface area contributed by atoms with Crippen molar-refractivity contribution in [1.29, 1.82) is 0 Å². The van der Waals surface area contributed by atoms with Crippen LogP contribution in [0.4, 0.5) is 0 Å². The first-order chi connectivity index (χ1) is 13.5. The maximum atomic E-state index is 12.5. The number of H-pyrrole nitrogens is 1. The van der Waals surface area contributed by atoms with Crippen molar-refractivity contribution in [2.24, 2.45) is 0 Å². The Balaban J connectivity index is 2.03. The molecular weight excluding hydrogens is 372 g/mol. The van der Waals surface area contributed by atoms with E-state index in [2.05, 4.69) is 29.0 Å². The molecule has 0 aliphatic carbocycles. The Kier molecular flexibility index (Phi) is 8.89. The van der Waals surface area contributed by atoms with Gasteiger partial charge in [-0.05, 0) is 62.2 Å². The lowest BCUT2D eigenvalue weighted by Gasteiger charge is -2.25. The average molecular weight is 405 g/mol. The van der Waals surface area contributed by atoms with Gasteiger partial charge in [-0.1, -0.05) is 32.0 Å². The Morgan fingerprint density at radius 1 is 1.25 bits per heavy atom. The number of aryl methyl sites for hydroxylation is 1. The number of pyridine rings is 1. The van der Waals surface area contributed by atoms with Crippen LogP contribution in [0.1, 0.15) is 31.4 Å². The second kappa shape index (κ2) is 11.1. The largest absolute Gasteiger partial charge is 0.395 e. The Hall–Kier alpha value is -1.96. The smallest absolute Gasteiger partial charge is 0.253 e. The molecule has 2 rings (SSSR count). The van der Waals surface area contributed by atoms with E-state index in [1.807, 2.05) is 36.1 Å². The van der Waals surface area contributed by atoms with Crippen LogP contribution in [0.3, 0.4) is 0 Å². The van der Waals surface area contributed by atoms with Gasteiger partial charge in [-0.25, -0.2) is 0 Å². The minimum absolute atomic E-state index is 0.0220. The molecule has 154 valence electrons. The average Bonchev–Trinajstić information content (AvgIpc) is 2.69. The number of aromatic nitrogens is 1. The molecule has 0 spiro atoms. The van der Waals surface area contributed by atoms with Crippen molar-refractivity contribution in [3.8, 4) is 0 Å². The van der Waals surface area contributed by atoms with Gasteiger partial charge in [0.2, 0.25) is 0 Å². The van der Waals surface area contributed by atoms with Crippen molar-refractivity contribution in [2.45, 2.75) is 33.7 Å². The lowest BCUT2D eigenvalue weighted by atomic mass is 10.1. The summed E-state index contributed by atoms with van der Waals surface area (Å²) in [4.78, 5) is 19.7. The monoisotopic (exact) mass is 404 g/mol. The predicted octanol–water partition coefficient (Wildman–Crippen LogP) is 2.24. The van der Waals surface area contributed by atoms with Gasteiger partial charge in [0, 0.05) is 18.7 Å². The van der Waals surface area contributed by atoms with E-state index in [1.165, 1.54) is 0 Å². The number of aliphatic hydroxyl groups excluding tert-OH is 1. The molecule has 0 saturated heterocycles. The second-order valence-electron chi connectivity index (χ2n) is 6.92. The molecule has 0 unspecified atom stereocenters. The van der Waals surface area contributed by atoms with E-state index >= 15 is 0 Å². The highest BCUT2D eigenvalue weighted by Crippen LogP contribution is 2.15. The molecule has 1 aromatic carbocycles. The Morgan fingerprint density at radius 3 is 2.68 bits per heavy atom. The third kappa shape index (κ3) is 6.02. The highest BCUT2D eigenvalue weighted by molar-refractivity contribution is 7.80. The van der Waals surface area contributed by atoms with E-state index in [9.17, 15) is 9.90 Å². The zero-order valence-corrected chi connectivity index (χ0v) is 17.9. The zero-order chi connectivity index (χ0) is 20.5. The number of fused-ring (bicyclic) bond motifs is 1. The maximum Gasteiger partial charge on any atom is 0.253 e. The number of aliphatic hydroxyl groups is 1. The molecule has 28 heavy (non-hydrogen) atoms. The molecule has 0 atom stereocenters. The molecule has 0 fully saturated rings. The van der Waals surface area contributed by atoms with E-state index in [4.69, 9.17) is 12.2 Å². The SMILES string of the molecule is CCN(CC)CCCNC(=S)N(CCO)Cc1cc2cccc(C)c2[nH]c1=O. The van der Waals surface area contributed by atoms with Crippen LogP contribution in [0.25, 0.3) is 10.9 Å². The minimum atomic E-state index is -0.117. The molecule has 0 amide bonds. The van der Waals surface area contributed by atoms with Crippen molar-refractivity contribution >= 4 is 28.2 Å². The molecule has 0 radical (unpaired) electrons. The summed E-state index contributed by atoms with van der Waals surface area (Å²) in [5.41, 5.74) is 2.42. The Morgan fingerprint density at radius 2 is 2.00 bits per heavy atom. The second-order valence-corrected chi connectivity index (χ2v) is 7.31. The molecule has 1 heterocycles. The predicted molar refractivity (Wildman–Crippen MR) is 120 cm³/mol. The van der Waals surface area contributed by atoms with Crippen LogP contribution in [0.15, 0.2) is 29.1 Å². The van der Waals surface area contributed by atoms with Gasteiger partial charge in [-0.3, -0.25) is 4.79 Å². The molecule has 0 aliphatic rings. The number of nitrogens with one attached hydrogen (secondary N) is 2. The molecule has 7 heteroatoms. The van der Waals surface area contributed by atoms with Crippen LogP contribution in [0.5, 0.6) is 0 Å². The van der Waals surface area contributed by atoms with Gasteiger partial charge in [0.25, 0.3) is 5.56 Å². The summed E-state index contributed by atoms with van der Waals surface area (Å²) in [6.07, 6.45) is 0.991. The minimum Gasteiger partial charge on any atom is -0.395 e. The van der Waals surface area contributed by atoms with Crippen LogP contribution in [0.2, 0.25) is 0 Å². The quantitative estimate of drug-likeness (QED) is 0.417. The van der Waals surface area contributed by atoms with Crippen LogP contribution < -0.4 is 10.9 Å². The molecule has 0 aliphatic heterocycles. The number of benzene rings is 1.